The van der Waals surface area contributed by atoms with E-state index in [0.717, 1.165) is 4.47 Å². The molecule has 0 aliphatic heterocycles. The highest BCUT2D eigenvalue weighted by Crippen LogP contribution is 2.16. The number of non-ortho nitro benzene ring substituents is 1. The highest BCUT2D eigenvalue weighted by Gasteiger charge is 2.02. The number of H-pyrrole nitrogens is 1. The lowest BCUT2D eigenvalue weighted by Crippen LogP contribution is -1.85. The molecule has 0 unspecified atom stereocenters. The van der Waals surface area contributed by atoms with Gasteiger partial charge in [0.1, 0.15) is 0 Å². The van der Waals surface area contributed by atoms with E-state index in [1.807, 2.05) is 24.5 Å². The maximum atomic E-state index is 10.1. The van der Waals surface area contributed by atoms with Crippen LogP contribution in [-0.2, 0) is 0 Å². The molecule has 1 aromatic carbocycles. The van der Waals surface area contributed by atoms with Crippen LogP contribution in [0.3, 0.4) is 0 Å². The SMILES string of the molecule is O=[N+]([O-])c1cccc(Br)c1.c1cc[nH]c1. The van der Waals surface area contributed by atoms with E-state index < -0.39 is 4.92 Å². The van der Waals surface area contributed by atoms with Gasteiger partial charge in [-0.05, 0) is 18.2 Å². The lowest BCUT2D eigenvalue weighted by Gasteiger charge is -1.89. The molecule has 5 heteroatoms. The molecule has 78 valence electrons. The topological polar surface area (TPSA) is 58.9 Å². The molecule has 2 rings (SSSR count). The van der Waals surface area contributed by atoms with Crippen LogP contribution in [0.5, 0.6) is 0 Å². The summed E-state index contributed by atoms with van der Waals surface area (Å²) in [5.74, 6) is 0. The highest BCUT2D eigenvalue weighted by molar-refractivity contribution is 9.10. The van der Waals surface area contributed by atoms with Gasteiger partial charge in [0.2, 0.25) is 0 Å². The maximum absolute atomic E-state index is 10.1. The molecule has 4 nitrogen and oxygen atoms in total. The van der Waals surface area contributed by atoms with Crippen molar-refractivity contribution in [3.8, 4) is 0 Å². The van der Waals surface area contributed by atoms with Crippen molar-refractivity contribution in [1.82, 2.24) is 4.98 Å². The number of nitro benzene ring substituents is 1. The van der Waals surface area contributed by atoms with E-state index in [9.17, 15) is 10.1 Å². The van der Waals surface area contributed by atoms with Crippen LogP contribution in [0.15, 0.2) is 53.3 Å². The molecule has 0 amide bonds. The van der Waals surface area contributed by atoms with Crippen LogP contribution in [0, 0.1) is 10.1 Å². The van der Waals surface area contributed by atoms with E-state index in [1.54, 1.807) is 12.1 Å². The number of halogens is 1. The van der Waals surface area contributed by atoms with Crippen molar-refractivity contribution in [2.45, 2.75) is 0 Å². The molecule has 1 N–H and O–H groups in total. The molecule has 0 radical (unpaired) electrons. The van der Waals surface area contributed by atoms with Crippen molar-refractivity contribution < 1.29 is 4.92 Å². The summed E-state index contributed by atoms with van der Waals surface area (Å²) in [4.78, 5) is 12.6. The Bertz CT molecular complexity index is 398. The summed E-state index contributed by atoms with van der Waals surface area (Å²) in [6.07, 6.45) is 3.75. The number of nitrogens with zero attached hydrogens (tertiary/aromatic N) is 1. The van der Waals surface area contributed by atoms with Crippen LogP contribution in [0.4, 0.5) is 5.69 Å². The van der Waals surface area contributed by atoms with Gasteiger partial charge in [-0.15, -0.1) is 0 Å². The van der Waals surface area contributed by atoms with Crippen LogP contribution in [0.2, 0.25) is 0 Å². The van der Waals surface area contributed by atoms with Gasteiger partial charge >= 0.3 is 0 Å². The quantitative estimate of drug-likeness (QED) is 0.637. The molecule has 15 heavy (non-hydrogen) atoms. The Morgan fingerprint density at radius 3 is 2.20 bits per heavy atom. The summed E-state index contributed by atoms with van der Waals surface area (Å²) in [5.41, 5.74) is 0.106. The van der Waals surface area contributed by atoms with Crippen LogP contribution in [0.25, 0.3) is 0 Å². The number of hydrogen-bond acceptors (Lipinski definition) is 2. The average molecular weight is 269 g/mol. The Balaban J connectivity index is 0.000000187. The molecule has 0 saturated carbocycles. The lowest BCUT2D eigenvalue weighted by molar-refractivity contribution is -0.384. The minimum atomic E-state index is -0.426. The Kier molecular flexibility index (Phi) is 4.56. The van der Waals surface area contributed by atoms with Gasteiger partial charge in [-0.3, -0.25) is 10.1 Å². The second-order valence-electron chi connectivity index (χ2n) is 2.62. The zero-order valence-corrected chi connectivity index (χ0v) is 9.35. The Hall–Kier alpha value is -1.62. The predicted octanol–water partition coefficient (Wildman–Crippen LogP) is 3.37. The first kappa shape index (κ1) is 11.5. The van der Waals surface area contributed by atoms with Gasteiger partial charge in [0, 0.05) is 29.0 Å². The van der Waals surface area contributed by atoms with Crippen molar-refractivity contribution in [2.24, 2.45) is 0 Å². The molecule has 0 aliphatic carbocycles. The summed E-state index contributed by atoms with van der Waals surface area (Å²) < 4.78 is 0.724. The summed E-state index contributed by atoms with van der Waals surface area (Å²) in [6, 6.07) is 10.2. The number of nitrogens with one attached hydrogen (secondary N) is 1. The summed E-state index contributed by atoms with van der Waals surface area (Å²) in [5, 5.41) is 10.1. The number of rotatable bonds is 1. The fourth-order valence-electron chi connectivity index (χ4n) is 0.867. The largest absolute Gasteiger partial charge is 0.368 e. The van der Waals surface area contributed by atoms with Crippen LogP contribution in [0.1, 0.15) is 0 Å². The van der Waals surface area contributed by atoms with E-state index in [2.05, 4.69) is 20.9 Å². The predicted molar refractivity (Wildman–Crippen MR) is 61.6 cm³/mol. The molecule has 2 aromatic rings. The fraction of sp³-hybridized carbons (Fsp3) is 0. The number of aromatic nitrogens is 1. The zero-order valence-electron chi connectivity index (χ0n) is 7.76. The molecule has 0 bridgehead atoms. The molecule has 0 aliphatic rings. The van der Waals surface area contributed by atoms with Crippen LogP contribution >= 0.6 is 15.9 Å². The lowest BCUT2D eigenvalue weighted by atomic mass is 10.3. The fourth-order valence-corrected chi connectivity index (χ4v) is 1.25. The third-order valence-corrected chi connectivity index (χ3v) is 2.01. The summed E-state index contributed by atoms with van der Waals surface area (Å²) >= 11 is 3.13. The van der Waals surface area contributed by atoms with E-state index in [4.69, 9.17) is 0 Å². The van der Waals surface area contributed by atoms with E-state index in [-0.39, 0.29) is 5.69 Å². The normalized spacial score (nSPS) is 8.87. The molecule has 0 saturated heterocycles. The second-order valence-corrected chi connectivity index (χ2v) is 3.54. The third kappa shape index (κ3) is 4.42. The standard InChI is InChI=1S/C6H4BrNO2.C4H5N/c7-5-2-1-3-6(4-5)8(9)10;1-2-4-5-3-1/h1-4H;1-5H. The van der Waals surface area contributed by atoms with Crippen molar-refractivity contribution in [3.05, 3.63) is 63.4 Å². The number of hydrogen-bond donors (Lipinski definition) is 1. The third-order valence-electron chi connectivity index (χ3n) is 1.52. The summed E-state index contributed by atoms with van der Waals surface area (Å²) in [6.45, 7) is 0. The Morgan fingerprint density at radius 2 is 1.87 bits per heavy atom. The smallest absolute Gasteiger partial charge is 0.270 e. The van der Waals surface area contributed by atoms with Gasteiger partial charge in [-0.1, -0.05) is 22.0 Å². The van der Waals surface area contributed by atoms with E-state index >= 15 is 0 Å². The van der Waals surface area contributed by atoms with Crippen molar-refractivity contribution in [2.75, 3.05) is 0 Å². The second kappa shape index (κ2) is 5.98. The van der Waals surface area contributed by atoms with Crippen molar-refractivity contribution >= 4 is 21.6 Å². The first-order valence-electron chi connectivity index (χ1n) is 4.18. The van der Waals surface area contributed by atoms with E-state index in [0.29, 0.717) is 0 Å². The van der Waals surface area contributed by atoms with E-state index in [1.165, 1.54) is 12.1 Å². The van der Waals surface area contributed by atoms with Gasteiger partial charge in [0.25, 0.3) is 5.69 Å². The minimum Gasteiger partial charge on any atom is -0.368 e. The first-order chi connectivity index (χ1) is 7.20. The number of benzene rings is 1. The molecule has 1 heterocycles. The zero-order chi connectivity index (χ0) is 11.1. The monoisotopic (exact) mass is 268 g/mol. The molecular weight excluding hydrogens is 260 g/mol. The van der Waals surface area contributed by atoms with Crippen LogP contribution in [-0.4, -0.2) is 9.91 Å². The van der Waals surface area contributed by atoms with Gasteiger partial charge in [-0.2, -0.15) is 0 Å². The van der Waals surface area contributed by atoms with Gasteiger partial charge in [0.15, 0.2) is 0 Å². The molecule has 0 atom stereocenters. The van der Waals surface area contributed by atoms with Gasteiger partial charge in [-0.25, -0.2) is 0 Å². The van der Waals surface area contributed by atoms with Gasteiger partial charge in [0.05, 0.1) is 4.92 Å². The number of aromatic amines is 1. The molecule has 0 spiro atoms. The average Bonchev–Trinajstić information content (AvgIpc) is 2.75. The van der Waals surface area contributed by atoms with Crippen molar-refractivity contribution in [1.29, 1.82) is 0 Å². The molecule has 1 aromatic heterocycles. The van der Waals surface area contributed by atoms with Crippen LogP contribution < -0.4 is 0 Å². The Morgan fingerprint density at radius 1 is 1.20 bits per heavy atom. The summed E-state index contributed by atoms with van der Waals surface area (Å²) in [7, 11) is 0. The highest BCUT2D eigenvalue weighted by atomic mass is 79.9. The minimum absolute atomic E-state index is 0.106. The maximum Gasteiger partial charge on any atom is 0.270 e. The van der Waals surface area contributed by atoms with Crippen molar-refractivity contribution in [3.63, 3.8) is 0 Å². The molecular formula is C10H9BrN2O2. The first-order valence-corrected chi connectivity index (χ1v) is 4.97. The van der Waals surface area contributed by atoms with Gasteiger partial charge < -0.3 is 4.98 Å². The Labute approximate surface area is 95.2 Å². The molecule has 0 fully saturated rings. The number of nitro groups is 1.